The Hall–Kier alpha value is -0.620. The number of rotatable bonds is 2. The van der Waals surface area contributed by atoms with Gasteiger partial charge in [-0.05, 0) is 30.7 Å². The van der Waals surface area contributed by atoms with Crippen molar-refractivity contribution in [2.75, 3.05) is 5.88 Å². The lowest BCUT2D eigenvalue weighted by molar-refractivity contribution is -0.109. The number of hydrogen-bond donors (Lipinski definition) is 1. The van der Waals surface area contributed by atoms with E-state index in [0.29, 0.717) is 0 Å². The van der Waals surface area contributed by atoms with Gasteiger partial charge >= 0.3 is 0 Å². The van der Waals surface area contributed by atoms with E-state index in [2.05, 4.69) is 0 Å². The van der Waals surface area contributed by atoms with E-state index in [0.717, 1.165) is 5.56 Å². The summed E-state index contributed by atoms with van der Waals surface area (Å²) in [6, 6.07) is 5.99. The zero-order chi connectivity index (χ0) is 12.8. The molecule has 0 radical (unpaired) electrons. The van der Waals surface area contributed by atoms with Crippen LogP contribution in [0.2, 0.25) is 0 Å². The van der Waals surface area contributed by atoms with Crippen LogP contribution in [-0.2, 0) is 14.9 Å². The summed E-state index contributed by atoms with van der Waals surface area (Å²) < 4.78 is 29.6. The monoisotopic (exact) mass is 284 g/mol. The van der Waals surface area contributed by atoms with Crippen molar-refractivity contribution in [3.05, 3.63) is 29.8 Å². The van der Waals surface area contributed by atoms with Crippen molar-refractivity contribution in [3.63, 3.8) is 0 Å². The Bertz CT molecular complexity index is 439. The number of aryl methyl sites for hydroxylation is 1. The smallest absolute Gasteiger partial charge is 0.282 e. The second-order valence-corrected chi connectivity index (χ2v) is 4.89. The predicted octanol–water partition coefficient (Wildman–Crippen LogP) is 2.23. The maximum absolute atomic E-state index is 10.5. The SMILES string of the molecule is Cc1ccc(S(=O)(=O)O)cc1.O=C(Cl)CCl. The molecular weight excluding hydrogens is 275 g/mol. The second kappa shape index (κ2) is 6.85. The predicted molar refractivity (Wildman–Crippen MR) is 62.6 cm³/mol. The van der Waals surface area contributed by atoms with E-state index < -0.39 is 15.4 Å². The lowest BCUT2D eigenvalue weighted by Gasteiger charge is -1.95. The molecule has 0 atom stereocenters. The molecule has 1 aromatic carbocycles. The quantitative estimate of drug-likeness (QED) is 0.514. The molecule has 0 saturated carbocycles. The molecule has 1 aromatic rings. The van der Waals surface area contributed by atoms with Crippen LogP contribution in [0.5, 0.6) is 0 Å². The molecule has 0 fully saturated rings. The summed E-state index contributed by atoms with van der Waals surface area (Å²) in [6.45, 7) is 1.84. The van der Waals surface area contributed by atoms with Gasteiger partial charge in [-0.1, -0.05) is 17.7 Å². The molecule has 7 heteroatoms. The van der Waals surface area contributed by atoms with Crippen LogP contribution in [-0.4, -0.2) is 24.1 Å². The zero-order valence-electron chi connectivity index (χ0n) is 8.35. The fourth-order valence-electron chi connectivity index (χ4n) is 0.710. The average Bonchev–Trinajstić information content (AvgIpc) is 2.18. The van der Waals surface area contributed by atoms with Crippen LogP contribution in [0.1, 0.15) is 5.56 Å². The van der Waals surface area contributed by atoms with Gasteiger partial charge in [0.05, 0.1) is 10.8 Å². The minimum Gasteiger partial charge on any atom is -0.282 e. The number of halogens is 2. The fraction of sp³-hybridized carbons (Fsp3) is 0.222. The van der Waals surface area contributed by atoms with E-state index in [-0.39, 0.29) is 10.8 Å². The van der Waals surface area contributed by atoms with Gasteiger partial charge in [0.15, 0.2) is 0 Å². The van der Waals surface area contributed by atoms with Crippen molar-refractivity contribution < 1.29 is 17.8 Å². The van der Waals surface area contributed by atoms with E-state index >= 15 is 0 Å². The second-order valence-electron chi connectivity index (χ2n) is 2.78. The molecule has 0 aliphatic carbocycles. The van der Waals surface area contributed by atoms with Gasteiger partial charge in [-0.15, -0.1) is 11.6 Å². The first-order valence-corrected chi connectivity index (χ1v) is 6.41. The fourth-order valence-corrected chi connectivity index (χ4v) is 1.19. The van der Waals surface area contributed by atoms with Crippen LogP contribution in [0, 0.1) is 6.92 Å². The molecule has 0 bridgehead atoms. The maximum atomic E-state index is 10.5. The third-order valence-electron chi connectivity index (χ3n) is 1.42. The first-order valence-electron chi connectivity index (χ1n) is 4.06. The van der Waals surface area contributed by atoms with E-state index in [1.807, 2.05) is 6.92 Å². The minimum absolute atomic E-state index is 0.0666. The van der Waals surface area contributed by atoms with Crippen LogP contribution in [0.4, 0.5) is 0 Å². The Morgan fingerprint density at radius 2 is 1.69 bits per heavy atom. The van der Waals surface area contributed by atoms with Crippen molar-refractivity contribution in [1.29, 1.82) is 0 Å². The molecule has 16 heavy (non-hydrogen) atoms. The molecule has 1 N–H and O–H groups in total. The number of hydrogen-bond acceptors (Lipinski definition) is 3. The molecule has 0 amide bonds. The largest absolute Gasteiger partial charge is 0.294 e. The summed E-state index contributed by atoms with van der Waals surface area (Å²) in [4.78, 5) is 9.38. The van der Waals surface area contributed by atoms with Crippen molar-refractivity contribution >= 4 is 38.6 Å². The van der Waals surface area contributed by atoms with E-state index in [1.54, 1.807) is 12.1 Å². The number of benzene rings is 1. The topological polar surface area (TPSA) is 71.4 Å². The Labute approximate surface area is 104 Å². The Morgan fingerprint density at radius 3 is 1.94 bits per heavy atom. The summed E-state index contributed by atoms with van der Waals surface area (Å²) in [6.07, 6.45) is 0. The molecule has 0 heterocycles. The number of alkyl halides is 1. The molecule has 0 spiro atoms. The Balaban J connectivity index is 0.000000385. The van der Waals surface area contributed by atoms with Crippen LogP contribution >= 0.6 is 23.2 Å². The Morgan fingerprint density at radius 1 is 1.31 bits per heavy atom. The van der Waals surface area contributed by atoms with Crippen LogP contribution in [0.15, 0.2) is 29.2 Å². The molecule has 1 rings (SSSR count). The van der Waals surface area contributed by atoms with Gasteiger partial charge in [-0.25, -0.2) is 0 Å². The molecule has 0 saturated heterocycles. The van der Waals surface area contributed by atoms with Gasteiger partial charge in [0.1, 0.15) is 0 Å². The van der Waals surface area contributed by atoms with Gasteiger partial charge in [0.2, 0.25) is 5.24 Å². The van der Waals surface area contributed by atoms with E-state index in [9.17, 15) is 13.2 Å². The van der Waals surface area contributed by atoms with Crippen LogP contribution in [0.3, 0.4) is 0 Å². The first-order chi connectivity index (χ1) is 7.27. The average molecular weight is 285 g/mol. The van der Waals surface area contributed by atoms with Gasteiger partial charge in [-0.3, -0.25) is 9.35 Å². The molecule has 0 aliphatic rings. The number of carbonyl (C=O) groups is 1. The summed E-state index contributed by atoms with van der Waals surface area (Å²) in [7, 11) is -4.02. The van der Waals surface area contributed by atoms with Gasteiger partial charge in [0, 0.05) is 0 Å². The lowest BCUT2D eigenvalue weighted by atomic mass is 10.2. The van der Waals surface area contributed by atoms with Crippen LogP contribution in [0.25, 0.3) is 0 Å². The third kappa shape index (κ3) is 6.79. The highest BCUT2D eigenvalue weighted by atomic mass is 35.5. The highest BCUT2D eigenvalue weighted by molar-refractivity contribution is 7.85. The summed E-state index contributed by atoms with van der Waals surface area (Å²) in [5.41, 5.74) is 0.956. The van der Waals surface area contributed by atoms with Crippen molar-refractivity contribution in [1.82, 2.24) is 0 Å². The summed E-state index contributed by atoms with van der Waals surface area (Å²) in [5, 5.41) is -0.508. The maximum Gasteiger partial charge on any atom is 0.294 e. The van der Waals surface area contributed by atoms with Crippen molar-refractivity contribution in [3.8, 4) is 0 Å². The first kappa shape index (κ1) is 15.4. The normalized spacial score (nSPS) is 10.2. The van der Waals surface area contributed by atoms with Crippen molar-refractivity contribution in [2.45, 2.75) is 11.8 Å². The molecule has 90 valence electrons. The Kier molecular flexibility index (Phi) is 6.59. The highest BCUT2D eigenvalue weighted by Crippen LogP contribution is 2.08. The standard InChI is InChI=1S/C7H8O3S.C2H2Cl2O/c1-6-2-4-7(5-3-6)11(8,9)10;3-1-2(4)5/h2-5H,1H3,(H,8,9,10);1H2. The zero-order valence-corrected chi connectivity index (χ0v) is 10.7. The molecule has 0 aromatic heterocycles. The molecule has 0 aliphatic heterocycles. The van der Waals surface area contributed by atoms with E-state index in [1.165, 1.54) is 12.1 Å². The van der Waals surface area contributed by atoms with Crippen LogP contribution < -0.4 is 0 Å². The van der Waals surface area contributed by atoms with Gasteiger partial charge < -0.3 is 0 Å². The summed E-state index contributed by atoms with van der Waals surface area (Å²) >= 11 is 9.55. The molecule has 0 unspecified atom stereocenters. The third-order valence-corrected chi connectivity index (χ3v) is 2.80. The lowest BCUT2D eigenvalue weighted by Crippen LogP contribution is -1.96. The summed E-state index contributed by atoms with van der Waals surface area (Å²) in [5.74, 6) is -0.0957. The highest BCUT2D eigenvalue weighted by Gasteiger charge is 2.06. The minimum atomic E-state index is -4.02. The molecule has 4 nitrogen and oxygen atoms in total. The molecular formula is C9H10Cl2O4S. The van der Waals surface area contributed by atoms with Gasteiger partial charge in [0.25, 0.3) is 10.1 Å². The van der Waals surface area contributed by atoms with Gasteiger partial charge in [-0.2, -0.15) is 8.42 Å². The van der Waals surface area contributed by atoms with E-state index in [4.69, 9.17) is 27.8 Å². The number of carbonyl (C=O) groups excluding carboxylic acids is 1. The van der Waals surface area contributed by atoms with Crippen molar-refractivity contribution in [2.24, 2.45) is 0 Å².